The second-order valence-corrected chi connectivity index (χ2v) is 8.05. The van der Waals surface area contributed by atoms with Gasteiger partial charge in [0.2, 0.25) is 0 Å². The van der Waals surface area contributed by atoms with Crippen molar-refractivity contribution in [3.8, 4) is 0 Å². The monoisotopic (exact) mass is 287 g/mol. The van der Waals surface area contributed by atoms with Gasteiger partial charge >= 0.3 is 0 Å². The Hall–Kier alpha value is -0.130. The van der Waals surface area contributed by atoms with Crippen LogP contribution in [0.25, 0.3) is 0 Å². The van der Waals surface area contributed by atoms with E-state index in [1.54, 1.807) is 0 Å². The minimum atomic E-state index is 0.161. The van der Waals surface area contributed by atoms with E-state index in [4.69, 9.17) is 0 Å². The molecule has 1 fully saturated rings. The van der Waals surface area contributed by atoms with Crippen LogP contribution in [-0.2, 0) is 0 Å². The third kappa shape index (κ3) is 3.42. The number of carbonyl (C=O) groups excluding carboxylic acids is 1. The molecule has 0 N–H and O–H groups in total. The normalized spacial score (nSPS) is 20.1. The Morgan fingerprint density at radius 2 is 2.24 bits per heavy atom. The maximum atomic E-state index is 12.3. The number of hydrogen-bond acceptors (Lipinski definition) is 4. The van der Waals surface area contributed by atoms with Crippen molar-refractivity contribution in [1.82, 2.24) is 4.90 Å². The molecule has 2 nitrogen and oxygen atoms in total. The molecule has 1 aliphatic rings. The summed E-state index contributed by atoms with van der Waals surface area (Å²) >= 11 is 7.69. The Morgan fingerprint density at radius 3 is 2.88 bits per heavy atom. The van der Waals surface area contributed by atoms with Gasteiger partial charge in [0.25, 0.3) is 5.91 Å². The zero-order valence-corrected chi connectivity index (χ0v) is 12.6. The van der Waals surface area contributed by atoms with Gasteiger partial charge in [0.1, 0.15) is 0 Å². The lowest BCUT2D eigenvalue weighted by Gasteiger charge is -2.22. The predicted octanol–water partition coefficient (Wildman–Crippen LogP) is 3.39. The highest BCUT2D eigenvalue weighted by Crippen LogP contribution is 2.31. The number of thiol groups is 1. The SMILES string of the molecule is CC1(C)CCN(C(=O)c2cc(S)cs2)CCS1. The van der Waals surface area contributed by atoms with Gasteiger partial charge in [0.15, 0.2) is 0 Å². The van der Waals surface area contributed by atoms with Crippen LogP contribution in [0.5, 0.6) is 0 Å². The van der Waals surface area contributed by atoms with E-state index in [0.717, 1.165) is 35.0 Å². The summed E-state index contributed by atoms with van der Waals surface area (Å²) < 4.78 is 0.291. The van der Waals surface area contributed by atoms with Gasteiger partial charge in [-0.25, -0.2) is 0 Å². The first-order valence-corrected chi connectivity index (χ1v) is 8.00. The van der Waals surface area contributed by atoms with Crippen LogP contribution < -0.4 is 0 Å². The van der Waals surface area contributed by atoms with Crippen LogP contribution in [-0.4, -0.2) is 34.4 Å². The molecule has 94 valence electrons. The number of hydrogen-bond donors (Lipinski definition) is 1. The Labute approximate surface area is 116 Å². The number of carbonyl (C=O) groups is 1. The predicted molar refractivity (Wildman–Crippen MR) is 78.6 cm³/mol. The average Bonchev–Trinajstić information content (AvgIpc) is 2.60. The standard InChI is InChI=1S/C12H17NOS3/c1-12(2)3-4-13(5-6-17-12)11(14)10-7-9(15)8-16-10/h7-8,15H,3-6H2,1-2H3. The molecule has 0 bridgehead atoms. The summed E-state index contributed by atoms with van der Waals surface area (Å²) in [6.45, 7) is 6.22. The van der Waals surface area contributed by atoms with Gasteiger partial charge in [-0.1, -0.05) is 13.8 Å². The summed E-state index contributed by atoms with van der Waals surface area (Å²) in [6, 6.07) is 1.86. The van der Waals surface area contributed by atoms with Gasteiger partial charge in [-0.15, -0.1) is 24.0 Å². The fraction of sp³-hybridized carbons (Fsp3) is 0.583. The van der Waals surface area contributed by atoms with Gasteiger partial charge < -0.3 is 4.90 Å². The maximum Gasteiger partial charge on any atom is 0.263 e. The molecule has 1 amide bonds. The Bertz CT molecular complexity index is 414. The summed E-state index contributed by atoms with van der Waals surface area (Å²) in [6.07, 6.45) is 1.06. The van der Waals surface area contributed by atoms with Crippen LogP contribution in [0.15, 0.2) is 16.3 Å². The van der Waals surface area contributed by atoms with E-state index >= 15 is 0 Å². The van der Waals surface area contributed by atoms with Crippen LogP contribution in [0.3, 0.4) is 0 Å². The number of rotatable bonds is 1. The summed E-state index contributed by atoms with van der Waals surface area (Å²) in [7, 11) is 0. The van der Waals surface area contributed by atoms with Crippen molar-refractivity contribution >= 4 is 41.6 Å². The van der Waals surface area contributed by atoms with E-state index < -0.39 is 0 Å². The van der Waals surface area contributed by atoms with Gasteiger partial charge in [0.05, 0.1) is 4.88 Å². The first kappa shape index (κ1) is 13.3. The molecule has 17 heavy (non-hydrogen) atoms. The maximum absolute atomic E-state index is 12.3. The van der Waals surface area contributed by atoms with Crippen molar-refractivity contribution < 1.29 is 4.79 Å². The molecular weight excluding hydrogens is 270 g/mol. The highest BCUT2D eigenvalue weighted by molar-refractivity contribution is 8.00. The molecule has 0 radical (unpaired) electrons. The molecule has 0 saturated carbocycles. The summed E-state index contributed by atoms with van der Waals surface area (Å²) in [5.41, 5.74) is 0. The minimum absolute atomic E-state index is 0.161. The van der Waals surface area contributed by atoms with Crippen LogP contribution in [0, 0.1) is 0 Å². The molecular formula is C12H17NOS3. The Balaban J connectivity index is 2.05. The third-order valence-corrected chi connectivity index (χ3v) is 5.64. The zero-order valence-electron chi connectivity index (χ0n) is 10.1. The van der Waals surface area contributed by atoms with E-state index in [1.165, 1.54) is 11.3 Å². The van der Waals surface area contributed by atoms with Crippen molar-refractivity contribution in [2.75, 3.05) is 18.8 Å². The molecule has 0 aromatic carbocycles. The molecule has 0 spiro atoms. The summed E-state index contributed by atoms with van der Waals surface area (Å²) in [5.74, 6) is 1.19. The van der Waals surface area contributed by atoms with E-state index in [9.17, 15) is 4.79 Å². The molecule has 1 aromatic rings. The largest absolute Gasteiger partial charge is 0.337 e. The molecule has 1 aromatic heterocycles. The zero-order chi connectivity index (χ0) is 12.5. The lowest BCUT2D eigenvalue weighted by atomic mass is 10.1. The van der Waals surface area contributed by atoms with Gasteiger partial charge in [-0.3, -0.25) is 4.79 Å². The Morgan fingerprint density at radius 1 is 1.47 bits per heavy atom. The number of thioether (sulfide) groups is 1. The van der Waals surface area contributed by atoms with Gasteiger partial charge in [-0.05, 0) is 12.5 Å². The highest BCUT2D eigenvalue weighted by atomic mass is 32.2. The molecule has 0 aliphatic carbocycles. The van der Waals surface area contributed by atoms with E-state index in [1.807, 2.05) is 28.1 Å². The second-order valence-electron chi connectivity index (χ2n) is 4.82. The molecule has 2 rings (SSSR count). The van der Waals surface area contributed by atoms with Crippen LogP contribution >= 0.6 is 35.7 Å². The number of nitrogens with zero attached hydrogens (tertiary/aromatic N) is 1. The molecule has 1 saturated heterocycles. The Kier molecular flexibility index (Phi) is 4.10. The van der Waals surface area contributed by atoms with Gasteiger partial charge in [0, 0.05) is 33.9 Å². The molecule has 0 unspecified atom stereocenters. The van der Waals surface area contributed by atoms with Crippen LogP contribution in [0.2, 0.25) is 0 Å². The van der Waals surface area contributed by atoms with Crippen molar-refractivity contribution in [1.29, 1.82) is 0 Å². The highest BCUT2D eigenvalue weighted by Gasteiger charge is 2.26. The van der Waals surface area contributed by atoms with Crippen molar-refractivity contribution in [3.05, 3.63) is 16.3 Å². The summed E-state index contributed by atoms with van der Waals surface area (Å²) in [4.78, 5) is 15.9. The van der Waals surface area contributed by atoms with Crippen LogP contribution in [0.1, 0.15) is 29.9 Å². The molecule has 0 atom stereocenters. The first-order valence-electron chi connectivity index (χ1n) is 5.69. The number of thiophene rings is 1. The molecule has 5 heteroatoms. The van der Waals surface area contributed by atoms with Crippen molar-refractivity contribution in [2.24, 2.45) is 0 Å². The smallest absolute Gasteiger partial charge is 0.263 e. The number of amides is 1. The van der Waals surface area contributed by atoms with E-state index in [0.29, 0.717) is 4.75 Å². The second kappa shape index (κ2) is 5.24. The molecule has 1 aliphatic heterocycles. The lowest BCUT2D eigenvalue weighted by molar-refractivity contribution is 0.0769. The van der Waals surface area contributed by atoms with Crippen LogP contribution in [0.4, 0.5) is 0 Å². The molecule has 2 heterocycles. The van der Waals surface area contributed by atoms with E-state index in [-0.39, 0.29) is 5.91 Å². The van der Waals surface area contributed by atoms with Gasteiger partial charge in [-0.2, -0.15) is 11.8 Å². The minimum Gasteiger partial charge on any atom is -0.337 e. The summed E-state index contributed by atoms with van der Waals surface area (Å²) in [5, 5.41) is 1.91. The third-order valence-electron chi connectivity index (χ3n) is 2.92. The first-order chi connectivity index (χ1) is 7.98. The fourth-order valence-electron chi connectivity index (χ4n) is 1.82. The average molecular weight is 287 g/mol. The lowest BCUT2D eigenvalue weighted by Crippen LogP contribution is -2.33. The topological polar surface area (TPSA) is 20.3 Å². The fourth-order valence-corrected chi connectivity index (χ4v) is 4.03. The quantitative estimate of drug-likeness (QED) is 0.799. The van der Waals surface area contributed by atoms with E-state index in [2.05, 4.69) is 26.5 Å². The van der Waals surface area contributed by atoms with Crippen molar-refractivity contribution in [3.63, 3.8) is 0 Å². The van der Waals surface area contributed by atoms with Crippen molar-refractivity contribution in [2.45, 2.75) is 29.9 Å².